The van der Waals surface area contributed by atoms with Crippen LogP contribution in [0.5, 0.6) is 0 Å². The summed E-state index contributed by atoms with van der Waals surface area (Å²) in [6.07, 6.45) is 0. The van der Waals surface area contributed by atoms with Gasteiger partial charge in [-0.15, -0.1) is 0 Å². The smallest absolute Gasteiger partial charge is 0.290 e. The van der Waals surface area contributed by atoms with E-state index in [0.717, 1.165) is 0 Å². The fourth-order valence-electron chi connectivity index (χ4n) is 0. The predicted octanol–water partition coefficient (Wildman–Crippen LogP) is -1.95. The molecule has 0 saturated heterocycles. The monoisotopic (exact) mass is 141 g/mol. The molecule has 4 nitrogen and oxygen atoms in total. The molecule has 0 aliphatic rings. The SMILES string of the molecule is O.O.O=CO.[Co]. The molecule has 0 aromatic rings. The van der Waals surface area contributed by atoms with Crippen LogP contribution in [0.15, 0.2) is 0 Å². The van der Waals surface area contributed by atoms with Gasteiger partial charge in [0.25, 0.3) is 6.47 Å². The molecule has 0 unspecified atom stereocenters. The van der Waals surface area contributed by atoms with Gasteiger partial charge in [0, 0.05) is 16.8 Å². The summed E-state index contributed by atoms with van der Waals surface area (Å²) in [5.74, 6) is 0. The van der Waals surface area contributed by atoms with Crippen molar-refractivity contribution in [3.63, 3.8) is 0 Å². The van der Waals surface area contributed by atoms with Crippen molar-refractivity contribution in [2.75, 3.05) is 0 Å². The van der Waals surface area contributed by atoms with Gasteiger partial charge in [-0.1, -0.05) is 0 Å². The molecule has 5 N–H and O–H groups in total. The molecule has 0 fully saturated rings. The second-order valence-corrected chi connectivity index (χ2v) is 0.105. The minimum atomic E-state index is -0.250. The molecule has 0 aliphatic heterocycles. The second-order valence-electron chi connectivity index (χ2n) is 0.105. The molecule has 43 valence electrons. The molecule has 1 radical (unpaired) electrons. The van der Waals surface area contributed by atoms with E-state index in [-0.39, 0.29) is 34.2 Å². The van der Waals surface area contributed by atoms with Crippen molar-refractivity contribution in [1.82, 2.24) is 0 Å². The summed E-state index contributed by atoms with van der Waals surface area (Å²) in [7, 11) is 0. The van der Waals surface area contributed by atoms with Crippen molar-refractivity contribution in [2.24, 2.45) is 0 Å². The number of carbonyl (C=O) groups is 1. The minimum Gasteiger partial charge on any atom is -0.483 e. The van der Waals surface area contributed by atoms with Crippen LogP contribution >= 0.6 is 0 Å². The molecule has 0 atom stereocenters. The van der Waals surface area contributed by atoms with E-state index >= 15 is 0 Å². The van der Waals surface area contributed by atoms with E-state index in [2.05, 4.69) is 0 Å². The summed E-state index contributed by atoms with van der Waals surface area (Å²) in [5, 5.41) is 6.89. The molecule has 0 aromatic heterocycles. The van der Waals surface area contributed by atoms with Gasteiger partial charge in [0.1, 0.15) is 0 Å². The molecular weight excluding hydrogens is 135 g/mol. The van der Waals surface area contributed by atoms with Crippen molar-refractivity contribution >= 4 is 6.47 Å². The van der Waals surface area contributed by atoms with Gasteiger partial charge < -0.3 is 16.1 Å². The molecule has 0 heterocycles. The first-order valence-electron chi connectivity index (χ1n) is 0.494. The van der Waals surface area contributed by atoms with E-state index in [0.29, 0.717) is 0 Å². The maximum absolute atomic E-state index is 8.36. The van der Waals surface area contributed by atoms with E-state index in [9.17, 15) is 0 Å². The van der Waals surface area contributed by atoms with Crippen LogP contribution in [0, 0.1) is 0 Å². The third-order valence-electron chi connectivity index (χ3n) is 0. The standard InChI is InChI=1S/CH2O2.Co.2H2O/c2-1-3;;;/h1H,(H,2,3);;2*1H2. The topological polar surface area (TPSA) is 100 Å². The molecule has 5 heteroatoms. The van der Waals surface area contributed by atoms with Crippen molar-refractivity contribution in [1.29, 1.82) is 0 Å². The van der Waals surface area contributed by atoms with Crippen LogP contribution in [0.3, 0.4) is 0 Å². The zero-order valence-electron chi connectivity index (χ0n) is 2.77. The fraction of sp³-hybridized carbons (Fsp3) is 0. The summed E-state index contributed by atoms with van der Waals surface area (Å²) in [4.78, 5) is 8.36. The Balaban J connectivity index is -0.00000000667. The van der Waals surface area contributed by atoms with E-state index in [1.54, 1.807) is 0 Å². The van der Waals surface area contributed by atoms with E-state index in [1.165, 1.54) is 0 Å². The number of rotatable bonds is 0. The van der Waals surface area contributed by atoms with Gasteiger partial charge in [-0.2, -0.15) is 0 Å². The van der Waals surface area contributed by atoms with Gasteiger partial charge in [-0.3, -0.25) is 4.79 Å². The van der Waals surface area contributed by atoms with Crippen molar-refractivity contribution in [2.45, 2.75) is 0 Å². The van der Waals surface area contributed by atoms with Gasteiger partial charge in [0.15, 0.2) is 0 Å². The van der Waals surface area contributed by atoms with Crippen molar-refractivity contribution in [3.05, 3.63) is 0 Å². The van der Waals surface area contributed by atoms with Crippen molar-refractivity contribution < 1.29 is 37.6 Å². The number of hydrogen-bond acceptors (Lipinski definition) is 1. The molecule has 6 heavy (non-hydrogen) atoms. The van der Waals surface area contributed by atoms with Crippen LogP contribution in [-0.4, -0.2) is 22.5 Å². The third kappa shape index (κ3) is 3050. The van der Waals surface area contributed by atoms with E-state index in [4.69, 9.17) is 9.90 Å². The normalized spacial score (nSPS) is 2.00. The summed E-state index contributed by atoms with van der Waals surface area (Å²) >= 11 is 0. The van der Waals surface area contributed by atoms with Crippen LogP contribution in [0.4, 0.5) is 0 Å². The van der Waals surface area contributed by atoms with Gasteiger partial charge in [0.05, 0.1) is 0 Å². The molecule has 0 aliphatic carbocycles. The van der Waals surface area contributed by atoms with Gasteiger partial charge in [0.2, 0.25) is 0 Å². The Hall–Kier alpha value is -0.104. The number of hydrogen-bond donors (Lipinski definition) is 1. The second kappa shape index (κ2) is 92.5. The fourth-order valence-corrected chi connectivity index (χ4v) is 0. The molecule has 0 aromatic carbocycles. The zero-order chi connectivity index (χ0) is 2.71. The van der Waals surface area contributed by atoms with Crippen LogP contribution in [0.1, 0.15) is 0 Å². The Bertz CT molecular complexity index is 15.0. The Morgan fingerprint density at radius 3 is 1.33 bits per heavy atom. The van der Waals surface area contributed by atoms with Crippen LogP contribution in [0.2, 0.25) is 0 Å². The summed E-state index contributed by atoms with van der Waals surface area (Å²) < 4.78 is 0. The minimum absolute atomic E-state index is 0. The van der Waals surface area contributed by atoms with Crippen LogP contribution in [-0.2, 0) is 21.6 Å². The van der Waals surface area contributed by atoms with Crippen molar-refractivity contribution in [3.8, 4) is 0 Å². The largest absolute Gasteiger partial charge is 0.483 e. The molecule has 0 amide bonds. The Kier molecular flexibility index (Phi) is 606. The summed E-state index contributed by atoms with van der Waals surface area (Å²) in [5.41, 5.74) is 0. The predicted molar refractivity (Wildman–Crippen MR) is 15.9 cm³/mol. The average Bonchev–Trinajstić information content (AvgIpc) is 0.918. The number of carboxylic acid groups (broad SMARTS) is 1. The molecule has 0 rings (SSSR count). The third-order valence-corrected chi connectivity index (χ3v) is 0. The first-order valence-corrected chi connectivity index (χ1v) is 0.494. The van der Waals surface area contributed by atoms with Crippen LogP contribution in [0.25, 0.3) is 0 Å². The zero-order valence-corrected chi connectivity index (χ0v) is 3.81. The summed E-state index contributed by atoms with van der Waals surface area (Å²) in [6.45, 7) is -0.250. The molecular formula is CH6CoO4. The maximum atomic E-state index is 8.36. The van der Waals surface area contributed by atoms with Gasteiger partial charge in [-0.25, -0.2) is 0 Å². The maximum Gasteiger partial charge on any atom is 0.290 e. The average molecular weight is 141 g/mol. The Morgan fingerprint density at radius 2 is 1.33 bits per heavy atom. The van der Waals surface area contributed by atoms with E-state index < -0.39 is 0 Å². The first kappa shape index (κ1) is 39.3. The molecule has 0 bridgehead atoms. The summed E-state index contributed by atoms with van der Waals surface area (Å²) in [6, 6.07) is 0. The Labute approximate surface area is 45.0 Å². The van der Waals surface area contributed by atoms with E-state index in [1.807, 2.05) is 0 Å². The molecule has 0 spiro atoms. The Morgan fingerprint density at radius 1 is 1.33 bits per heavy atom. The van der Waals surface area contributed by atoms with Gasteiger partial charge in [-0.05, 0) is 0 Å². The molecule has 0 saturated carbocycles. The van der Waals surface area contributed by atoms with Crippen LogP contribution < -0.4 is 0 Å². The first-order chi connectivity index (χ1) is 1.41. The van der Waals surface area contributed by atoms with Gasteiger partial charge >= 0.3 is 0 Å². The quantitative estimate of drug-likeness (QED) is 0.396.